The third-order valence-corrected chi connectivity index (χ3v) is 5.86. The lowest BCUT2D eigenvalue weighted by Crippen LogP contribution is -2.39. The van der Waals surface area contributed by atoms with E-state index < -0.39 is 22.8 Å². The highest BCUT2D eigenvalue weighted by Crippen LogP contribution is 2.42. The Balaban J connectivity index is 1.77. The second-order valence-electron chi connectivity index (χ2n) is 7.66. The van der Waals surface area contributed by atoms with Crippen LogP contribution in [0.5, 0.6) is 0 Å². The van der Waals surface area contributed by atoms with Crippen molar-refractivity contribution in [3.63, 3.8) is 0 Å². The number of pyridine rings is 1. The molecule has 1 saturated carbocycles. The Morgan fingerprint density at radius 2 is 2.10 bits per heavy atom. The van der Waals surface area contributed by atoms with Crippen molar-refractivity contribution in [2.24, 2.45) is 0 Å². The molecule has 160 valence electrons. The topological polar surface area (TPSA) is 101 Å². The average molecular weight is 438 g/mol. The number of methoxy groups -OCH3 is 1. The van der Waals surface area contributed by atoms with Gasteiger partial charge in [-0.1, -0.05) is 11.6 Å². The summed E-state index contributed by atoms with van der Waals surface area (Å²) in [6.07, 6.45) is 3.57. The van der Waals surface area contributed by atoms with Gasteiger partial charge < -0.3 is 24.6 Å². The molecule has 1 aliphatic carbocycles. The summed E-state index contributed by atoms with van der Waals surface area (Å²) < 4.78 is 21.6. The monoisotopic (exact) mass is 437 g/mol. The minimum atomic E-state index is -1.36. The number of carbonyl (C=O) groups is 2. The van der Waals surface area contributed by atoms with Crippen LogP contribution in [-0.2, 0) is 9.53 Å². The first-order chi connectivity index (χ1) is 14.3. The summed E-state index contributed by atoms with van der Waals surface area (Å²) in [7, 11) is 1.43. The van der Waals surface area contributed by atoms with Crippen LogP contribution in [0.4, 0.5) is 10.1 Å². The molecule has 1 aromatic carbocycles. The van der Waals surface area contributed by atoms with Gasteiger partial charge in [-0.3, -0.25) is 9.59 Å². The van der Waals surface area contributed by atoms with Crippen LogP contribution < -0.4 is 15.6 Å². The van der Waals surface area contributed by atoms with Crippen LogP contribution in [0.2, 0.25) is 5.02 Å². The molecule has 2 aromatic rings. The van der Waals surface area contributed by atoms with Gasteiger partial charge in [0.1, 0.15) is 18.0 Å². The number of fused-ring (bicyclic) bond motifs is 1. The molecular formula is C20H21ClFN3O5. The van der Waals surface area contributed by atoms with E-state index in [1.807, 2.05) is 0 Å². The third-order valence-electron chi connectivity index (χ3n) is 5.50. The Bertz CT molecular complexity index is 1100. The number of rotatable bonds is 6. The summed E-state index contributed by atoms with van der Waals surface area (Å²) in [6, 6.07) is 0.918. The van der Waals surface area contributed by atoms with Crippen molar-refractivity contribution in [1.82, 2.24) is 9.88 Å². The molecular weight excluding hydrogens is 417 g/mol. The van der Waals surface area contributed by atoms with E-state index in [-0.39, 0.29) is 40.7 Å². The minimum Gasteiger partial charge on any atom is -0.477 e. The summed E-state index contributed by atoms with van der Waals surface area (Å²) >= 11 is 6.61. The number of carboxylic acids is 1. The number of aromatic nitrogens is 1. The average Bonchev–Trinajstić information content (AvgIpc) is 3.43. The SMILES string of the molecule is COCC(=O)NC1CCN(c2c(F)cc3c(=O)c(C(=O)O)cn(C4CC4)c3c2Cl)C1. The molecule has 30 heavy (non-hydrogen) atoms. The number of anilines is 1. The van der Waals surface area contributed by atoms with Crippen LogP contribution in [0, 0.1) is 5.82 Å². The lowest BCUT2D eigenvalue weighted by Gasteiger charge is -2.23. The van der Waals surface area contributed by atoms with Crippen molar-refractivity contribution in [2.75, 3.05) is 31.7 Å². The molecule has 0 radical (unpaired) electrons. The standard InChI is InChI=1S/C20H21ClFN3O5/c1-30-9-15(26)23-10-4-5-24(7-10)18-14(22)6-12-17(16(18)21)25(11-2-3-11)8-13(19(12)27)20(28)29/h6,8,10-11H,2-5,7,9H2,1H3,(H,23,26)(H,28,29). The van der Waals surface area contributed by atoms with Gasteiger partial charge in [0.05, 0.1) is 21.6 Å². The van der Waals surface area contributed by atoms with Gasteiger partial charge in [-0.05, 0) is 25.3 Å². The van der Waals surface area contributed by atoms with Crippen LogP contribution in [0.3, 0.4) is 0 Å². The van der Waals surface area contributed by atoms with Crippen LogP contribution >= 0.6 is 11.6 Å². The van der Waals surface area contributed by atoms with Crippen molar-refractivity contribution in [2.45, 2.75) is 31.3 Å². The molecule has 2 fully saturated rings. The second-order valence-corrected chi connectivity index (χ2v) is 8.04. The van der Waals surface area contributed by atoms with Crippen molar-refractivity contribution >= 4 is 40.1 Å². The Morgan fingerprint density at radius 3 is 2.73 bits per heavy atom. The van der Waals surface area contributed by atoms with Gasteiger partial charge in [0.25, 0.3) is 0 Å². The van der Waals surface area contributed by atoms with Crippen molar-refractivity contribution < 1.29 is 23.8 Å². The molecule has 10 heteroatoms. The maximum absolute atomic E-state index is 15.1. The summed E-state index contributed by atoms with van der Waals surface area (Å²) in [5.41, 5.74) is -0.658. The number of carboxylic acid groups (broad SMARTS) is 1. The molecule has 0 spiro atoms. The van der Waals surface area contributed by atoms with Crippen molar-refractivity contribution in [3.8, 4) is 0 Å². The molecule has 1 unspecified atom stereocenters. The number of amides is 1. The first-order valence-electron chi connectivity index (χ1n) is 9.65. The largest absolute Gasteiger partial charge is 0.477 e. The normalized spacial score (nSPS) is 18.8. The molecule has 1 aliphatic heterocycles. The lowest BCUT2D eigenvalue weighted by atomic mass is 10.1. The maximum Gasteiger partial charge on any atom is 0.341 e. The fourth-order valence-electron chi connectivity index (χ4n) is 4.00. The highest BCUT2D eigenvalue weighted by Gasteiger charge is 2.32. The maximum atomic E-state index is 15.1. The predicted octanol–water partition coefficient (Wildman–Crippen LogP) is 2.17. The number of benzene rings is 1. The highest BCUT2D eigenvalue weighted by molar-refractivity contribution is 6.38. The molecule has 1 atom stereocenters. The number of carbonyl (C=O) groups excluding carboxylic acids is 1. The first-order valence-corrected chi connectivity index (χ1v) is 10.0. The Kier molecular flexibility index (Phi) is 5.42. The lowest BCUT2D eigenvalue weighted by molar-refractivity contribution is -0.125. The Morgan fingerprint density at radius 1 is 1.37 bits per heavy atom. The zero-order valence-corrected chi connectivity index (χ0v) is 17.0. The second kappa shape index (κ2) is 7.88. The van der Waals surface area contributed by atoms with Gasteiger partial charge in [-0.15, -0.1) is 0 Å². The molecule has 2 aliphatic rings. The minimum absolute atomic E-state index is 0.0293. The summed E-state index contributed by atoms with van der Waals surface area (Å²) in [4.78, 5) is 37.6. The zero-order valence-electron chi connectivity index (χ0n) is 16.3. The number of nitrogens with one attached hydrogen (secondary N) is 1. The molecule has 0 bridgehead atoms. The van der Waals surface area contributed by atoms with E-state index >= 15 is 4.39 Å². The predicted molar refractivity (Wildman–Crippen MR) is 109 cm³/mol. The number of nitrogens with zero attached hydrogens (tertiary/aromatic N) is 2. The summed E-state index contributed by atoms with van der Waals surface area (Å²) in [5, 5.41) is 12.2. The number of ether oxygens (including phenoxy) is 1. The number of hydrogen-bond acceptors (Lipinski definition) is 5. The molecule has 1 saturated heterocycles. The van der Waals surface area contributed by atoms with Gasteiger partial charge in [0.15, 0.2) is 0 Å². The molecule has 8 nitrogen and oxygen atoms in total. The fourth-order valence-corrected chi connectivity index (χ4v) is 4.41. The van der Waals surface area contributed by atoms with Crippen molar-refractivity contribution in [1.29, 1.82) is 0 Å². The Labute approximate surface area is 176 Å². The van der Waals surface area contributed by atoms with E-state index in [1.54, 1.807) is 9.47 Å². The smallest absolute Gasteiger partial charge is 0.341 e. The number of aromatic carboxylic acids is 1. The summed E-state index contributed by atoms with van der Waals surface area (Å²) in [6.45, 7) is 0.778. The van der Waals surface area contributed by atoms with Gasteiger partial charge in [-0.2, -0.15) is 0 Å². The van der Waals surface area contributed by atoms with Gasteiger partial charge in [0.2, 0.25) is 11.3 Å². The first kappa shape index (κ1) is 20.6. The quantitative estimate of drug-likeness (QED) is 0.718. The van der Waals surface area contributed by atoms with E-state index in [2.05, 4.69) is 5.32 Å². The fraction of sp³-hybridized carbons (Fsp3) is 0.450. The molecule has 1 aromatic heterocycles. The van der Waals surface area contributed by atoms with Crippen LogP contribution in [0.15, 0.2) is 17.1 Å². The van der Waals surface area contributed by atoms with E-state index in [9.17, 15) is 19.5 Å². The Hall–Kier alpha value is -2.65. The van der Waals surface area contributed by atoms with Gasteiger partial charge in [0, 0.05) is 38.5 Å². The van der Waals surface area contributed by atoms with Crippen LogP contribution in [-0.4, -0.2) is 54.4 Å². The van der Waals surface area contributed by atoms with E-state index in [0.29, 0.717) is 25.0 Å². The highest BCUT2D eigenvalue weighted by atomic mass is 35.5. The van der Waals surface area contributed by atoms with Crippen LogP contribution in [0.25, 0.3) is 10.9 Å². The molecule has 2 N–H and O–H groups in total. The van der Waals surface area contributed by atoms with Crippen molar-refractivity contribution in [3.05, 3.63) is 38.9 Å². The van der Waals surface area contributed by atoms with E-state index in [0.717, 1.165) is 18.9 Å². The molecule has 4 rings (SSSR count). The zero-order chi connectivity index (χ0) is 21.6. The third kappa shape index (κ3) is 3.63. The van der Waals surface area contributed by atoms with Crippen LogP contribution in [0.1, 0.15) is 35.7 Å². The van der Waals surface area contributed by atoms with Gasteiger partial charge >= 0.3 is 5.97 Å². The number of halogens is 2. The summed E-state index contributed by atoms with van der Waals surface area (Å²) in [5.74, 6) is -2.30. The number of hydrogen-bond donors (Lipinski definition) is 2. The molecule has 2 heterocycles. The molecule has 1 amide bonds. The van der Waals surface area contributed by atoms with E-state index in [4.69, 9.17) is 16.3 Å². The van der Waals surface area contributed by atoms with E-state index in [1.165, 1.54) is 13.3 Å². The van der Waals surface area contributed by atoms with Gasteiger partial charge in [-0.25, -0.2) is 9.18 Å².